The largest absolute Gasteiger partial charge is 0.478 e. The van der Waals surface area contributed by atoms with Crippen molar-refractivity contribution in [1.82, 2.24) is 4.98 Å². The Hall–Kier alpha value is -1.23. The van der Waals surface area contributed by atoms with Gasteiger partial charge in [-0.05, 0) is 32.2 Å². The van der Waals surface area contributed by atoms with Crippen molar-refractivity contribution in [2.45, 2.75) is 19.9 Å². The molecule has 0 fully saturated rings. The number of aromatic nitrogens is 1. The van der Waals surface area contributed by atoms with Gasteiger partial charge in [0.2, 0.25) is 0 Å². The van der Waals surface area contributed by atoms with Crippen molar-refractivity contribution in [3.8, 4) is 0 Å². The van der Waals surface area contributed by atoms with E-state index in [1.807, 2.05) is 18.9 Å². The van der Waals surface area contributed by atoms with Crippen molar-refractivity contribution in [2.75, 3.05) is 24.0 Å². The van der Waals surface area contributed by atoms with Gasteiger partial charge in [0.15, 0.2) is 0 Å². The lowest BCUT2D eigenvalue weighted by atomic mass is 10.2. The third kappa shape index (κ3) is 3.63. The van der Waals surface area contributed by atoms with Gasteiger partial charge in [0.05, 0.1) is 5.56 Å². The first-order chi connectivity index (χ1) is 7.95. The van der Waals surface area contributed by atoms with Crippen molar-refractivity contribution >= 4 is 23.5 Å². The molecule has 0 bridgehead atoms. The Labute approximate surface area is 106 Å². The van der Waals surface area contributed by atoms with E-state index in [-0.39, 0.29) is 5.56 Å². The van der Waals surface area contributed by atoms with Gasteiger partial charge >= 0.3 is 5.97 Å². The van der Waals surface area contributed by atoms with Crippen molar-refractivity contribution in [1.29, 1.82) is 0 Å². The lowest BCUT2D eigenvalue weighted by Crippen LogP contribution is -2.31. The molecule has 0 amide bonds. The minimum atomic E-state index is -0.914. The molecule has 0 aliphatic heterocycles. The van der Waals surface area contributed by atoms with Crippen LogP contribution in [-0.4, -0.2) is 41.2 Å². The molecule has 94 valence electrons. The zero-order valence-corrected chi connectivity index (χ0v) is 11.4. The molecule has 1 aromatic rings. The van der Waals surface area contributed by atoms with Crippen LogP contribution in [0.25, 0.3) is 0 Å². The second-order valence-electron chi connectivity index (χ2n) is 4.08. The van der Waals surface area contributed by atoms with Gasteiger partial charge in [0, 0.05) is 24.5 Å². The molecule has 17 heavy (non-hydrogen) atoms. The Morgan fingerprint density at radius 1 is 1.59 bits per heavy atom. The van der Waals surface area contributed by atoms with Crippen LogP contribution in [0.1, 0.15) is 23.0 Å². The van der Waals surface area contributed by atoms with Gasteiger partial charge < -0.3 is 10.0 Å². The Kier molecular flexibility index (Phi) is 4.81. The van der Waals surface area contributed by atoms with Crippen LogP contribution in [-0.2, 0) is 0 Å². The van der Waals surface area contributed by atoms with E-state index in [0.717, 1.165) is 11.4 Å². The first-order valence-electron chi connectivity index (χ1n) is 5.39. The smallest absolute Gasteiger partial charge is 0.335 e. The maximum absolute atomic E-state index is 11.0. The summed E-state index contributed by atoms with van der Waals surface area (Å²) in [6.07, 6.45) is 2.05. The molecule has 0 spiro atoms. The maximum atomic E-state index is 11.0. The highest BCUT2D eigenvalue weighted by Crippen LogP contribution is 2.17. The maximum Gasteiger partial charge on any atom is 0.335 e. The summed E-state index contributed by atoms with van der Waals surface area (Å²) in [6, 6.07) is 3.52. The number of aryl methyl sites for hydroxylation is 1. The van der Waals surface area contributed by atoms with Crippen LogP contribution >= 0.6 is 11.8 Å². The van der Waals surface area contributed by atoms with E-state index < -0.39 is 5.97 Å². The predicted molar refractivity (Wildman–Crippen MR) is 72.2 cm³/mol. The van der Waals surface area contributed by atoms with Crippen LogP contribution in [0.5, 0.6) is 0 Å². The molecule has 0 aliphatic carbocycles. The van der Waals surface area contributed by atoms with E-state index >= 15 is 0 Å². The Bertz CT molecular complexity index is 409. The number of carboxylic acid groups (broad SMARTS) is 1. The normalized spacial score (nSPS) is 12.2. The summed E-state index contributed by atoms with van der Waals surface area (Å²) in [7, 11) is 1.94. The third-order valence-electron chi connectivity index (χ3n) is 2.62. The molecule has 0 aliphatic rings. The number of aromatic carboxylic acids is 1. The quantitative estimate of drug-likeness (QED) is 0.873. The van der Waals surface area contributed by atoms with Gasteiger partial charge in [0.25, 0.3) is 0 Å². The van der Waals surface area contributed by atoms with Gasteiger partial charge in [-0.25, -0.2) is 9.78 Å². The fourth-order valence-corrected chi connectivity index (χ4v) is 2.24. The Morgan fingerprint density at radius 3 is 2.76 bits per heavy atom. The zero-order chi connectivity index (χ0) is 13.0. The number of anilines is 1. The minimum absolute atomic E-state index is 0.288. The minimum Gasteiger partial charge on any atom is -0.478 e. The number of carboxylic acids is 1. The summed E-state index contributed by atoms with van der Waals surface area (Å²) in [5.41, 5.74) is 1.01. The topological polar surface area (TPSA) is 53.4 Å². The van der Waals surface area contributed by atoms with Gasteiger partial charge in [0.1, 0.15) is 5.82 Å². The van der Waals surface area contributed by atoms with Gasteiger partial charge in [-0.3, -0.25) is 0 Å². The van der Waals surface area contributed by atoms with E-state index in [1.54, 1.807) is 23.9 Å². The van der Waals surface area contributed by atoms with Crippen molar-refractivity contribution in [3.63, 3.8) is 0 Å². The molecule has 1 aromatic heterocycles. The van der Waals surface area contributed by atoms with Crippen molar-refractivity contribution < 1.29 is 9.90 Å². The molecule has 0 aromatic carbocycles. The molecule has 5 heteroatoms. The fourth-order valence-electron chi connectivity index (χ4n) is 1.53. The molecule has 1 atom stereocenters. The highest BCUT2D eigenvalue weighted by Gasteiger charge is 2.13. The number of pyridine rings is 1. The highest BCUT2D eigenvalue weighted by molar-refractivity contribution is 7.98. The zero-order valence-electron chi connectivity index (χ0n) is 10.6. The van der Waals surface area contributed by atoms with Crippen LogP contribution in [0, 0.1) is 6.92 Å². The predicted octanol–water partition coefficient (Wildman–Crippen LogP) is 2.28. The van der Waals surface area contributed by atoms with E-state index in [9.17, 15) is 4.79 Å². The average molecular weight is 254 g/mol. The molecular weight excluding hydrogens is 236 g/mol. The highest BCUT2D eigenvalue weighted by atomic mass is 32.2. The summed E-state index contributed by atoms with van der Waals surface area (Å²) >= 11 is 1.76. The van der Waals surface area contributed by atoms with Crippen LogP contribution in [0.3, 0.4) is 0 Å². The number of nitrogens with zero attached hydrogens (tertiary/aromatic N) is 2. The number of hydrogen-bond donors (Lipinski definition) is 1. The molecule has 1 unspecified atom stereocenters. The van der Waals surface area contributed by atoms with Gasteiger partial charge in [-0.2, -0.15) is 11.8 Å². The van der Waals surface area contributed by atoms with Gasteiger partial charge in [-0.1, -0.05) is 0 Å². The molecule has 0 radical (unpaired) electrons. The number of carbonyl (C=O) groups is 1. The molecule has 1 rings (SSSR count). The Balaban J connectivity index is 3.01. The van der Waals surface area contributed by atoms with Gasteiger partial charge in [-0.15, -0.1) is 0 Å². The van der Waals surface area contributed by atoms with Crippen LogP contribution in [0.2, 0.25) is 0 Å². The van der Waals surface area contributed by atoms with E-state index in [4.69, 9.17) is 5.11 Å². The molecule has 4 nitrogen and oxygen atoms in total. The summed E-state index contributed by atoms with van der Waals surface area (Å²) in [5, 5.41) is 9.01. The van der Waals surface area contributed by atoms with E-state index in [0.29, 0.717) is 11.9 Å². The van der Waals surface area contributed by atoms with Crippen LogP contribution in [0.15, 0.2) is 12.1 Å². The van der Waals surface area contributed by atoms with Crippen LogP contribution in [0.4, 0.5) is 5.82 Å². The molecular formula is C12H18N2O2S. The second-order valence-corrected chi connectivity index (χ2v) is 4.99. The monoisotopic (exact) mass is 254 g/mol. The first kappa shape index (κ1) is 13.8. The van der Waals surface area contributed by atoms with E-state index in [1.165, 1.54) is 0 Å². The molecule has 1 N–H and O–H groups in total. The average Bonchev–Trinajstić information content (AvgIpc) is 2.27. The lowest BCUT2D eigenvalue weighted by Gasteiger charge is -2.25. The third-order valence-corrected chi connectivity index (χ3v) is 3.43. The summed E-state index contributed by atoms with van der Waals surface area (Å²) in [4.78, 5) is 17.4. The fraction of sp³-hybridized carbons (Fsp3) is 0.500. The number of hydrogen-bond acceptors (Lipinski definition) is 4. The Morgan fingerprint density at radius 2 is 2.24 bits per heavy atom. The second kappa shape index (κ2) is 5.91. The van der Waals surface area contributed by atoms with Crippen molar-refractivity contribution in [2.24, 2.45) is 0 Å². The molecule has 0 saturated carbocycles. The first-order valence-corrected chi connectivity index (χ1v) is 6.79. The summed E-state index contributed by atoms with van der Waals surface area (Å²) in [5.74, 6) is 0.778. The molecule has 0 saturated heterocycles. The summed E-state index contributed by atoms with van der Waals surface area (Å²) in [6.45, 7) is 3.91. The van der Waals surface area contributed by atoms with E-state index in [2.05, 4.69) is 18.2 Å². The standard InChI is InChI=1S/C12H18N2O2S/c1-8-5-10(12(15)16)6-11(13-8)14(3)9(2)7-17-4/h5-6,9H,7H2,1-4H3,(H,15,16). The SMILES string of the molecule is CSCC(C)N(C)c1cc(C(=O)O)cc(C)n1. The van der Waals surface area contributed by atoms with Crippen molar-refractivity contribution in [3.05, 3.63) is 23.4 Å². The summed E-state index contributed by atoms with van der Waals surface area (Å²) < 4.78 is 0. The number of thioether (sulfide) groups is 1. The number of rotatable bonds is 5. The van der Waals surface area contributed by atoms with Crippen LogP contribution < -0.4 is 4.90 Å². The lowest BCUT2D eigenvalue weighted by molar-refractivity contribution is 0.0696. The molecule has 1 heterocycles.